The molecule has 1 aromatic rings. The first-order chi connectivity index (χ1) is 10.5. The molecule has 1 unspecified atom stereocenters. The molecule has 2 amide bonds. The van der Waals surface area contributed by atoms with Crippen molar-refractivity contribution in [2.45, 2.75) is 46.3 Å². The van der Waals surface area contributed by atoms with Crippen LogP contribution in [0.5, 0.6) is 5.75 Å². The monoisotopic (exact) mass is 308 g/mol. The number of nitrogens with one attached hydrogen (secondary N) is 2. The fourth-order valence-electron chi connectivity index (χ4n) is 1.92. The fourth-order valence-corrected chi connectivity index (χ4v) is 1.92. The van der Waals surface area contributed by atoms with Gasteiger partial charge in [-0.25, -0.2) is 4.79 Å². The number of benzene rings is 1. The molecular weight excluding hydrogens is 280 g/mol. The average molecular weight is 308 g/mol. The largest absolute Gasteiger partial charge is 0.471 e. The number of carbonyl (C=O) groups is 1. The van der Waals surface area contributed by atoms with E-state index in [4.69, 9.17) is 9.47 Å². The second kappa shape index (κ2) is 10.1. The van der Waals surface area contributed by atoms with E-state index in [2.05, 4.69) is 24.5 Å². The lowest BCUT2D eigenvalue weighted by Crippen LogP contribution is -2.43. The molecule has 0 aromatic heterocycles. The summed E-state index contributed by atoms with van der Waals surface area (Å²) in [6.07, 6.45) is 0.407. The Labute approximate surface area is 133 Å². The SMILES string of the molecule is CCOCCCNC(=O)NC(C)Oc1ccc(C(C)C)cc1. The molecule has 0 aliphatic carbocycles. The Morgan fingerprint density at radius 3 is 2.45 bits per heavy atom. The number of rotatable bonds is 9. The van der Waals surface area contributed by atoms with Crippen LogP contribution >= 0.6 is 0 Å². The average Bonchev–Trinajstić information content (AvgIpc) is 2.47. The predicted octanol–water partition coefficient (Wildman–Crippen LogP) is 3.26. The minimum Gasteiger partial charge on any atom is -0.471 e. The first-order valence-corrected chi connectivity index (χ1v) is 7.91. The Bertz CT molecular complexity index is 432. The third kappa shape index (κ3) is 7.31. The van der Waals surface area contributed by atoms with Crippen molar-refractivity contribution >= 4 is 6.03 Å². The van der Waals surface area contributed by atoms with Crippen molar-refractivity contribution in [1.29, 1.82) is 0 Å². The van der Waals surface area contributed by atoms with Crippen LogP contribution in [0.25, 0.3) is 0 Å². The quantitative estimate of drug-likeness (QED) is 0.544. The highest BCUT2D eigenvalue weighted by Gasteiger charge is 2.08. The van der Waals surface area contributed by atoms with E-state index in [9.17, 15) is 4.79 Å². The van der Waals surface area contributed by atoms with Gasteiger partial charge in [-0.3, -0.25) is 0 Å². The van der Waals surface area contributed by atoms with Gasteiger partial charge in [-0.05, 0) is 43.9 Å². The van der Waals surface area contributed by atoms with Gasteiger partial charge in [0.2, 0.25) is 0 Å². The lowest BCUT2D eigenvalue weighted by Gasteiger charge is -2.17. The van der Waals surface area contributed by atoms with Crippen molar-refractivity contribution < 1.29 is 14.3 Å². The normalized spacial score (nSPS) is 12.0. The van der Waals surface area contributed by atoms with Gasteiger partial charge in [0, 0.05) is 19.8 Å². The molecule has 0 saturated carbocycles. The number of hydrogen-bond acceptors (Lipinski definition) is 3. The summed E-state index contributed by atoms with van der Waals surface area (Å²) in [4.78, 5) is 11.7. The summed E-state index contributed by atoms with van der Waals surface area (Å²) in [7, 11) is 0. The number of carbonyl (C=O) groups excluding carboxylic acids is 1. The van der Waals surface area contributed by atoms with E-state index in [0.717, 1.165) is 12.2 Å². The zero-order valence-corrected chi connectivity index (χ0v) is 14.0. The molecule has 0 aliphatic rings. The maximum absolute atomic E-state index is 11.7. The van der Waals surface area contributed by atoms with E-state index in [0.29, 0.717) is 25.7 Å². The third-order valence-corrected chi connectivity index (χ3v) is 3.15. The summed E-state index contributed by atoms with van der Waals surface area (Å²) in [6.45, 7) is 9.99. The maximum Gasteiger partial charge on any atom is 0.317 e. The lowest BCUT2D eigenvalue weighted by atomic mass is 10.0. The molecule has 0 spiro atoms. The molecule has 1 aromatic carbocycles. The maximum atomic E-state index is 11.7. The summed E-state index contributed by atoms with van der Waals surface area (Å²) in [6, 6.07) is 7.70. The van der Waals surface area contributed by atoms with E-state index < -0.39 is 6.23 Å². The fraction of sp³-hybridized carbons (Fsp3) is 0.588. The van der Waals surface area contributed by atoms with Crippen LogP contribution in [0.3, 0.4) is 0 Å². The Morgan fingerprint density at radius 1 is 1.18 bits per heavy atom. The van der Waals surface area contributed by atoms with Crippen LogP contribution in [0, 0.1) is 0 Å². The van der Waals surface area contributed by atoms with Crippen LogP contribution in [0.1, 0.15) is 45.6 Å². The molecule has 5 nitrogen and oxygen atoms in total. The van der Waals surface area contributed by atoms with Crippen LogP contribution in [0.2, 0.25) is 0 Å². The zero-order valence-electron chi connectivity index (χ0n) is 14.0. The smallest absolute Gasteiger partial charge is 0.317 e. The highest BCUT2D eigenvalue weighted by atomic mass is 16.5. The molecule has 5 heteroatoms. The van der Waals surface area contributed by atoms with Crippen LogP contribution < -0.4 is 15.4 Å². The van der Waals surface area contributed by atoms with Gasteiger partial charge in [0.15, 0.2) is 6.23 Å². The van der Waals surface area contributed by atoms with Crippen molar-refractivity contribution in [2.75, 3.05) is 19.8 Å². The Morgan fingerprint density at radius 2 is 1.86 bits per heavy atom. The molecule has 0 fully saturated rings. The van der Waals surface area contributed by atoms with Crippen LogP contribution in [-0.4, -0.2) is 32.0 Å². The number of urea groups is 1. The number of amides is 2. The van der Waals surface area contributed by atoms with Gasteiger partial charge in [0.25, 0.3) is 0 Å². The molecule has 0 aliphatic heterocycles. The topological polar surface area (TPSA) is 59.6 Å². The van der Waals surface area contributed by atoms with E-state index >= 15 is 0 Å². The summed E-state index contributed by atoms with van der Waals surface area (Å²) < 4.78 is 10.9. The molecule has 0 heterocycles. The van der Waals surface area contributed by atoms with Gasteiger partial charge in [-0.2, -0.15) is 0 Å². The van der Waals surface area contributed by atoms with Gasteiger partial charge < -0.3 is 20.1 Å². The molecule has 0 saturated heterocycles. The third-order valence-electron chi connectivity index (χ3n) is 3.15. The Hall–Kier alpha value is -1.75. The molecule has 1 atom stereocenters. The van der Waals surface area contributed by atoms with Crippen molar-refractivity contribution in [3.05, 3.63) is 29.8 Å². The predicted molar refractivity (Wildman–Crippen MR) is 88.3 cm³/mol. The molecule has 22 heavy (non-hydrogen) atoms. The first-order valence-electron chi connectivity index (χ1n) is 7.91. The van der Waals surface area contributed by atoms with E-state index in [1.54, 1.807) is 6.92 Å². The van der Waals surface area contributed by atoms with E-state index in [1.165, 1.54) is 5.56 Å². The van der Waals surface area contributed by atoms with E-state index in [1.807, 2.05) is 31.2 Å². The molecule has 2 N–H and O–H groups in total. The lowest BCUT2D eigenvalue weighted by molar-refractivity contribution is 0.144. The highest BCUT2D eigenvalue weighted by Crippen LogP contribution is 2.19. The number of hydrogen-bond donors (Lipinski definition) is 2. The van der Waals surface area contributed by atoms with Gasteiger partial charge in [-0.1, -0.05) is 26.0 Å². The Kier molecular flexibility index (Phi) is 8.36. The highest BCUT2D eigenvalue weighted by molar-refractivity contribution is 5.73. The van der Waals surface area contributed by atoms with Crippen molar-refractivity contribution in [3.63, 3.8) is 0 Å². The molecular formula is C17H28N2O3. The second-order valence-corrected chi connectivity index (χ2v) is 5.43. The van der Waals surface area contributed by atoms with Crippen LogP contribution in [0.15, 0.2) is 24.3 Å². The van der Waals surface area contributed by atoms with Gasteiger partial charge in [0.05, 0.1) is 0 Å². The summed E-state index contributed by atoms with van der Waals surface area (Å²) in [5.74, 6) is 1.24. The number of ether oxygens (including phenoxy) is 2. The van der Waals surface area contributed by atoms with Gasteiger partial charge >= 0.3 is 6.03 Å². The molecule has 124 valence electrons. The molecule has 0 radical (unpaired) electrons. The summed E-state index contributed by atoms with van der Waals surface area (Å²) >= 11 is 0. The minimum absolute atomic E-state index is 0.234. The first kappa shape index (κ1) is 18.3. The van der Waals surface area contributed by atoms with E-state index in [-0.39, 0.29) is 6.03 Å². The van der Waals surface area contributed by atoms with Crippen molar-refractivity contribution in [2.24, 2.45) is 0 Å². The zero-order chi connectivity index (χ0) is 16.4. The Balaban J connectivity index is 2.27. The minimum atomic E-state index is -0.392. The molecule has 0 bridgehead atoms. The van der Waals surface area contributed by atoms with Crippen molar-refractivity contribution in [1.82, 2.24) is 10.6 Å². The van der Waals surface area contributed by atoms with Gasteiger partial charge in [0.1, 0.15) is 5.75 Å². The molecule has 1 rings (SSSR count). The summed E-state index contributed by atoms with van der Waals surface area (Å²) in [5, 5.41) is 5.52. The second-order valence-electron chi connectivity index (χ2n) is 5.43. The summed E-state index contributed by atoms with van der Waals surface area (Å²) in [5.41, 5.74) is 1.26. The standard InChI is InChI=1S/C17H28N2O3/c1-5-21-12-6-11-18-17(20)19-14(4)22-16-9-7-15(8-10-16)13(2)3/h7-10,13-14H,5-6,11-12H2,1-4H3,(H2,18,19,20). The van der Waals surface area contributed by atoms with Crippen LogP contribution in [-0.2, 0) is 4.74 Å². The van der Waals surface area contributed by atoms with Gasteiger partial charge in [-0.15, -0.1) is 0 Å². The van der Waals surface area contributed by atoms with Crippen molar-refractivity contribution in [3.8, 4) is 5.75 Å². The van der Waals surface area contributed by atoms with Crippen LogP contribution in [0.4, 0.5) is 4.79 Å².